The van der Waals surface area contributed by atoms with Gasteiger partial charge in [-0.25, -0.2) is 0 Å². The van der Waals surface area contributed by atoms with E-state index in [9.17, 15) is 0 Å². The Balaban J connectivity index is 5.04. The van der Waals surface area contributed by atoms with Crippen molar-refractivity contribution in [2.75, 3.05) is 13.6 Å². The first-order chi connectivity index (χ1) is 8.06. The highest BCUT2D eigenvalue weighted by Crippen LogP contribution is 2.12. The molecular weight excluding hydrogens is 210 g/mol. The van der Waals surface area contributed by atoms with Gasteiger partial charge < -0.3 is 10.7 Å². The third-order valence-corrected chi connectivity index (χ3v) is 2.46. The van der Waals surface area contributed by atoms with Crippen LogP contribution in [0.4, 0.5) is 0 Å². The van der Waals surface area contributed by atoms with Gasteiger partial charge in [0.1, 0.15) is 0 Å². The minimum absolute atomic E-state index is 0.755. The maximum Gasteiger partial charge on any atom is 0.0395 e. The lowest BCUT2D eigenvalue weighted by Crippen LogP contribution is -2.06. The standard InChI is InChI=1S/C14H23N3/c1-6-13(10-17-12(4)11(2)3)14(9-15)7-8-16-5/h7,9-10,15-16H,2,6,8H2,1,3-5H3/b13-10+,14-7+,15-9?,17-12?. The Kier molecular flexibility index (Phi) is 7.89. The molecule has 0 amide bonds. The van der Waals surface area contributed by atoms with Crippen molar-refractivity contribution in [3.8, 4) is 0 Å². The molecule has 0 saturated carbocycles. The molecule has 0 aliphatic rings. The number of allylic oxidation sites excluding steroid dienone is 3. The average Bonchev–Trinajstić information content (AvgIpc) is 2.32. The molecule has 0 unspecified atom stereocenters. The zero-order valence-corrected chi connectivity index (χ0v) is 11.3. The van der Waals surface area contributed by atoms with Gasteiger partial charge >= 0.3 is 0 Å². The summed E-state index contributed by atoms with van der Waals surface area (Å²) in [6, 6.07) is 0. The SMILES string of the molecule is C=C(C)C(C)=N/C=C(CC)/C(C=N)=C/CNC. The maximum absolute atomic E-state index is 7.41. The molecule has 0 heterocycles. The van der Waals surface area contributed by atoms with E-state index in [-0.39, 0.29) is 0 Å². The Hall–Kier alpha value is -1.48. The van der Waals surface area contributed by atoms with Crippen LogP contribution in [0.5, 0.6) is 0 Å². The van der Waals surface area contributed by atoms with Crippen LogP contribution in [0.1, 0.15) is 27.2 Å². The summed E-state index contributed by atoms with van der Waals surface area (Å²) >= 11 is 0. The van der Waals surface area contributed by atoms with Crippen LogP contribution in [-0.4, -0.2) is 25.5 Å². The molecule has 2 N–H and O–H groups in total. The van der Waals surface area contributed by atoms with E-state index in [0.717, 1.165) is 35.4 Å². The first-order valence-corrected chi connectivity index (χ1v) is 5.81. The van der Waals surface area contributed by atoms with E-state index in [1.807, 2.05) is 33.2 Å². The molecule has 0 bridgehead atoms. The summed E-state index contributed by atoms with van der Waals surface area (Å²) in [5.41, 5.74) is 3.87. The number of aliphatic imine (C=N–C) groups is 1. The van der Waals surface area contributed by atoms with Crippen LogP contribution >= 0.6 is 0 Å². The molecule has 17 heavy (non-hydrogen) atoms. The lowest BCUT2D eigenvalue weighted by Gasteiger charge is -2.04. The van der Waals surface area contributed by atoms with Crippen LogP contribution in [0.2, 0.25) is 0 Å². The van der Waals surface area contributed by atoms with E-state index in [2.05, 4.69) is 23.8 Å². The van der Waals surface area contributed by atoms with Crippen LogP contribution in [0.15, 0.2) is 40.6 Å². The molecule has 0 aromatic heterocycles. The molecule has 0 aliphatic carbocycles. The van der Waals surface area contributed by atoms with Gasteiger partial charge in [0, 0.05) is 24.7 Å². The summed E-state index contributed by atoms with van der Waals surface area (Å²) in [4.78, 5) is 4.36. The van der Waals surface area contributed by atoms with Gasteiger partial charge in [-0.15, -0.1) is 0 Å². The number of likely N-dealkylation sites (N-methyl/N-ethyl adjacent to an activating group) is 1. The van der Waals surface area contributed by atoms with Gasteiger partial charge in [0.25, 0.3) is 0 Å². The largest absolute Gasteiger partial charge is 0.316 e. The Morgan fingerprint density at radius 2 is 2.06 bits per heavy atom. The van der Waals surface area contributed by atoms with E-state index < -0.39 is 0 Å². The monoisotopic (exact) mass is 233 g/mol. The third-order valence-electron chi connectivity index (χ3n) is 2.46. The molecule has 0 spiro atoms. The number of nitrogens with zero attached hydrogens (tertiary/aromatic N) is 1. The number of rotatable bonds is 7. The summed E-state index contributed by atoms with van der Waals surface area (Å²) < 4.78 is 0. The van der Waals surface area contributed by atoms with Crippen LogP contribution < -0.4 is 5.32 Å². The van der Waals surface area contributed by atoms with E-state index in [4.69, 9.17) is 5.41 Å². The predicted molar refractivity (Wildman–Crippen MR) is 77.1 cm³/mol. The number of hydrogen-bond acceptors (Lipinski definition) is 3. The first-order valence-electron chi connectivity index (χ1n) is 5.81. The van der Waals surface area contributed by atoms with Gasteiger partial charge in [0.05, 0.1) is 0 Å². The van der Waals surface area contributed by atoms with Gasteiger partial charge in [-0.3, -0.25) is 4.99 Å². The van der Waals surface area contributed by atoms with Crippen molar-refractivity contribution in [3.05, 3.63) is 35.6 Å². The smallest absolute Gasteiger partial charge is 0.0395 e. The second kappa shape index (κ2) is 8.65. The molecule has 0 fully saturated rings. The molecule has 0 radical (unpaired) electrons. The highest BCUT2D eigenvalue weighted by Gasteiger charge is 1.99. The quantitative estimate of drug-likeness (QED) is 0.515. The Morgan fingerprint density at radius 1 is 1.41 bits per heavy atom. The molecule has 0 aromatic carbocycles. The second-order valence-electron chi connectivity index (χ2n) is 3.86. The van der Waals surface area contributed by atoms with Gasteiger partial charge in [0.15, 0.2) is 0 Å². The summed E-state index contributed by atoms with van der Waals surface area (Å²) in [6.45, 7) is 10.5. The lowest BCUT2D eigenvalue weighted by atomic mass is 10.1. The molecule has 0 aliphatic heterocycles. The number of hydrogen-bond donors (Lipinski definition) is 2. The van der Waals surface area contributed by atoms with E-state index in [1.54, 1.807) is 0 Å². The fourth-order valence-electron chi connectivity index (χ4n) is 1.15. The Morgan fingerprint density at radius 3 is 2.47 bits per heavy atom. The van der Waals surface area contributed by atoms with Crippen molar-refractivity contribution in [3.63, 3.8) is 0 Å². The normalized spacial score (nSPS) is 13.8. The predicted octanol–water partition coefficient (Wildman–Crippen LogP) is 3.11. The minimum Gasteiger partial charge on any atom is -0.316 e. The molecular formula is C14H23N3. The van der Waals surface area contributed by atoms with Gasteiger partial charge in [-0.1, -0.05) is 19.6 Å². The second-order valence-corrected chi connectivity index (χ2v) is 3.86. The third kappa shape index (κ3) is 5.97. The molecule has 94 valence electrons. The maximum atomic E-state index is 7.41. The van der Waals surface area contributed by atoms with Gasteiger partial charge in [-0.05, 0) is 44.0 Å². The van der Waals surface area contributed by atoms with Gasteiger partial charge in [0.2, 0.25) is 0 Å². The van der Waals surface area contributed by atoms with Crippen molar-refractivity contribution >= 4 is 11.9 Å². The molecule has 0 aromatic rings. The summed E-state index contributed by atoms with van der Waals surface area (Å²) in [7, 11) is 1.89. The van der Waals surface area contributed by atoms with Crippen molar-refractivity contribution in [1.29, 1.82) is 5.41 Å². The Bertz CT molecular complexity index is 360. The Labute approximate surface area is 105 Å². The topological polar surface area (TPSA) is 48.2 Å². The summed E-state index contributed by atoms with van der Waals surface area (Å²) in [5, 5.41) is 10.5. The lowest BCUT2D eigenvalue weighted by molar-refractivity contribution is 0.915. The van der Waals surface area contributed by atoms with Gasteiger partial charge in [-0.2, -0.15) is 0 Å². The molecule has 0 atom stereocenters. The van der Waals surface area contributed by atoms with E-state index in [0.29, 0.717) is 0 Å². The van der Waals surface area contributed by atoms with Crippen molar-refractivity contribution in [2.45, 2.75) is 27.2 Å². The van der Waals surface area contributed by atoms with Crippen LogP contribution in [-0.2, 0) is 0 Å². The molecule has 3 heteroatoms. The van der Waals surface area contributed by atoms with Crippen molar-refractivity contribution < 1.29 is 0 Å². The van der Waals surface area contributed by atoms with E-state index >= 15 is 0 Å². The highest BCUT2D eigenvalue weighted by molar-refractivity contribution is 5.97. The van der Waals surface area contributed by atoms with Crippen LogP contribution in [0.3, 0.4) is 0 Å². The fourth-order valence-corrected chi connectivity index (χ4v) is 1.15. The first kappa shape index (κ1) is 15.5. The molecule has 0 rings (SSSR count). The molecule has 0 saturated heterocycles. The summed E-state index contributed by atoms with van der Waals surface area (Å²) in [6.07, 6.45) is 6.06. The summed E-state index contributed by atoms with van der Waals surface area (Å²) in [5.74, 6) is 0. The average molecular weight is 233 g/mol. The number of nitrogens with one attached hydrogen (secondary N) is 2. The molecule has 3 nitrogen and oxygen atoms in total. The minimum atomic E-state index is 0.755. The van der Waals surface area contributed by atoms with Crippen LogP contribution in [0.25, 0.3) is 0 Å². The highest BCUT2D eigenvalue weighted by atomic mass is 14.8. The van der Waals surface area contributed by atoms with E-state index in [1.165, 1.54) is 6.21 Å². The van der Waals surface area contributed by atoms with Crippen LogP contribution in [0, 0.1) is 5.41 Å². The zero-order chi connectivity index (χ0) is 13.3. The van der Waals surface area contributed by atoms with Crippen molar-refractivity contribution in [1.82, 2.24) is 5.32 Å². The zero-order valence-electron chi connectivity index (χ0n) is 11.3. The fraction of sp³-hybridized carbons (Fsp3) is 0.429. The van der Waals surface area contributed by atoms with Crippen molar-refractivity contribution in [2.24, 2.45) is 4.99 Å².